The first-order valence-corrected chi connectivity index (χ1v) is 14.2. The molecule has 1 aliphatic heterocycles. The summed E-state index contributed by atoms with van der Waals surface area (Å²) in [4.78, 5) is 33.0. The minimum Gasteiger partial charge on any atom is -0.493 e. The van der Waals surface area contributed by atoms with Gasteiger partial charge in [0.15, 0.2) is 23.3 Å². The summed E-state index contributed by atoms with van der Waals surface area (Å²) in [6.45, 7) is 1.74. The molecule has 0 spiro atoms. The third-order valence-electron chi connectivity index (χ3n) is 6.83. The van der Waals surface area contributed by atoms with E-state index in [1.807, 2.05) is 11.0 Å². The largest absolute Gasteiger partial charge is 0.493 e. The fourth-order valence-corrected chi connectivity index (χ4v) is 6.44. The number of methoxy groups -OCH3 is 1. The quantitative estimate of drug-likeness (QED) is 0.291. The minimum absolute atomic E-state index is 0.0131. The number of amidine groups is 1. The van der Waals surface area contributed by atoms with Crippen molar-refractivity contribution in [1.82, 2.24) is 4.90 Å². The van der Waals surface area contributed by atoms with Crippen LogP contribution in [0.3, 0.4) is 0 Å². The Hall–Kier alpha value is -2.19. The highest BCUT2D eigenvalue weighted by Crippen LogP contribution is 2.41. The normalized spacial score (nSPS) is 21.9. The minimum atomic E-state index is -0.484. The van der Waals surface area contributed by atoms with Crippen molar-refractivity contribution in [1.29, 1.82) is 0 Å². The lowest BCUT2D eigenvalue weighted by Gasteiger charge is -2.31. The van der Waals surface area contributed by atoms with Gasteiger partial charge in [0, 0.05) is 6.04 Å². The van der Waals surface area contributed by atoms with Crippen molar-refractivity contribution in [2.45, 2.75) is 83.2 Å². The summed E-state index contributed by atoms with van der Waals surface area (Å²) in [7, 11) is 1.51. The number of ether oxygens (including phenoxy) is 3. The number of carbonyl (C=O) groups excluding carboxylic acids is 2. The van der Waals surface area contributed by atoms with Gasteiger partial charge in [-0.2, -0.15) is 0 Å². The Morgan fingerprint density at radius 3 is 2.50 bits per heavy atom. The molecule has 3 fully saturated rings. The molecular formula is C27H35ClN2O5S. The van der Waals surface area contributed by atoms with Crippen LogP contribution in [0.5, 0.6) is 11.5 Å². The van der Waals surface area contributed by atoms with Gasteiger partial charge >= 0.3 is 5.97 Å². The number of thioether (sulfide) groups is 1. The molecule has 1 amide bonds. The molecule has 1 heterocycles. The topological polar surface area (TPSA) is 77.4 Å². The van der Waals surface area contributed by atoms with Crippen LogP contribution in [0.2, 0.25) is 5.02 Å². The molecule has 3 aliphatic rings. The van der Waals surface area contributed by atoms with Crippen molar-refractivity contribution in [3.05, 3.63) is 27.6 Å². The molecule has 0 aromatic heterocycles. The number of nitrogens with zero attached hydrogens (tertiary/aromatic N) is 2. The molecule has 0 radical (unpaired) electrons. The Kier molecular flexibility index (Phi) is 9.60. The van der Waals surface area contributed by atoms with Crippen LogP contribution < -0.4 is 9.47 Å². The fourth-order valence-electron chi connectivity index (χ4n) is 5.05. The highest BCUT2D eigenvalue weighted by atomic mass is 35.5. The van der Waals surface area contributed by atoms with Crippen molar-refractivity contribution in [3.8, 4) is 11.5 Å². The van der Waals surface area contributed by atoms with Gasteiger partial charge in [0.05, 0.1) is 29.7 Å². The first-order valence-electron chi connectivity index (χ1n) is 13.0. The van der Waals surface area contributed by atoms with Gasteiger partial charge in [-0.1, -0.05) is 50.1 Å². The lowest BCUT2D eigenvalue weighted by Crippen LogP contribution is -2.41. The van der Waals surface area contributed by atoms with Gasteiger partial charge in [-0.15, -0.1) is 0 Å². The molecule has 2 saturated carbocycles. The van der Waals surface area contributed by atoms with Gasteiger partial charge in [-0.3, -0.25) is 14.7 Å². The van der Waals surface area contributed by atoms with Crippen LogP contribution in [0.4, 0.5) is 0 Å². The smallest absolute Gasteiger partial charge is 0.344 e. The highest BCUT2D eigenvalue weighted by molar-refractivity contribution is 8.18. The van der Waals surface area contributed by atoms with Crippen LogP contribution in [-0.4, -0.2) is 54.4 Å². The molecule has 1 aromatic rings. The second-order valence-electron chi connectivity index (χ2n) is 9.41. The van der Waals surface area contributed by atoms with Crippen LogP contribution in [0.1, 0.15) is 76.7 Å². The summed E-state index contributed by atoms with van der Waals surface area (Å²) < 4.78 is 15.9. The predicted molar refractivity (Wildman–Crippen MR) is 144 cm³/mol. The summed E-state index contributed by atoms with van der Waals surface area (Å²) >= 11 is 7.95. The Morgan fingerprint density at radius 1 is 1.14 bits per heavy atom. The first-order chi connectivity index (χ1) is 17.5. The van der Waals surface area contributed by atoms with Gasteiger partial charge < -0.3 is 14.2 Å². The summed E-state index contributed by atoms with van der Waals surface area (Å²) in [6, 6.07) is 3.98. The Bertz CT molecular complexity index is 1020. The number of halogens is 1. The van der Waals surface area contributed by atoms with E-state index in [1.54, 1.807) is 19.1 Å². The second-order valence-corrected chi connectivity index (χ2v) is 10.8. The lowest BCUT2D eigenvalue weighted by molar-refractivity contribution is -0.145. The molecule has 36 heavy (non-hydrogen) atoms. The Morgan fingerprint density at radius 2 is 1.83 bits per heavy atom. The van der Waals surface area contributed by atoms with Crippen LogP contribution in [0.15, 0.2) is 22.0 Å². The zero-order valence-electron chi connectivity index (χ0n) is 21.1. The summed E-state index contributed by atoms with van der Waals surface area (Å²) in [5.74, 6) is 0.180. The number of rotatable bonds is 8. The molecular weight excluding hydrogens is 500 g/mol. The molecule has 0 bridgehead atoms. The molecule has 0 atom stereocenters. The number of aliphatic imine (C=N–C) groups is 1. The van der Waals surface area contributed by atoms with Crippen LogP contribution in [0, 0.1) is 0 Å². The SMILES string of the molecule is CCOC(=O)COc1c(Cl)cc(C=C2SC(=NC3CCCCC3)N(C3CCCCC3)C2=O)cc1OC. The average molecular weight is 535 g/mol. The maximum Gasteiger partial charge on any atom is 0.344 e. The van der Waals surface area contributed by atoms with Gasteiger partial charge in [0.25, 0.3) is 5.91 Å². The fraction of sp³-hybridized carbons (Fsp3) is 0.593. The zero-order valence-corrected chi connectivity index (χ0v) is 22.7. The van der Waals surface area contributed by atoms with E-state index in [-0.39, 0.29) is 30.9 Å². The number of hydrogen-bond donors (Lipinski definition) is 0. The molecule has 9 heteroatoms. The molecule has 0 unspecified atom stereocenters. The third kappa shape index (κ3) is 6.57. The Balaban J connectivity index is 1.59. The zero-order chi connectivity index (χ0) is 25.5. The number of esters is 1. The summed E-state index contributed by atoms with van der Waals surface area (Å²) in [6.07, 6.45) is 13.3. The molecule has 4 rings (SSSR count). The van der Waals surface area contributed by atoms with Gasteiger partial charge in [-0.25, -0.2) is 4.79 Å². The third-order valence-corrected chi connectivity index (χ3v) is 8.11. The van der Waals surface area contributed by atoms with Crippen molar-refractivity contribution < 1.29 is 23.8 Å². The van der Waals surface area contributed by atoms with E-state index in [0.29, 0.717) is 21.7 Å². The van der Waals surface area contributed by atoms with Crippen molar-refractivity contribution in [2.75, 3.05) is 20.3 Å². The number of benzene rings is 1. The summed E-state index contributed by atoms with van der Waals surface area (Å²) in [5.41, 5.74) is 0.721. The van der Waals surface area contributed by atoms with Gasteiger partial charge in [0.2, 0.25) is 0 Å². The number of amides is 1. The molecule has 196 valence electrons. The van der Waals surface area contributed by atoms with E-state index in [1.165, 1.54) is 44.6 Å². The second kappa shape index (κ2) is 12.9. The van der Waals surface area contributed by atoms with Crippen LogP contribution >= 0.6 is 23.4 Å². The molecule has 2 aliphatic carbocycles. The summed E-state index contributed by atoms with van der Waals surface area (Å²) in [5, 5.41) is 1.14. The highest BCUT2D eigenvalue weighted by Gasteiger charge is 2.39. The van der Waals surface area contributed by atoms with Crippen LogP contribution in [0.25, 0.3) is 6.08 Å². The van der Waals surface area contributed by atoms with Crippen LogP contribution in [-0.2, 0) is 14.3 Å². The van der Waals surface area contributed by atoms with Crippen molar-refractivity contribution in [3.63, 3.8) is 0 Å². The van der Waals surface area contributed by atoms with E-state index in [4.69, 9.17) is 30.8 Å². The average Bonchev–Trinajstić information content (AvgIpc) is 3.18. The monoisotopic (exact) mass is 534 g/mol. The van der Waals surface area contributed by atoms with E-state index >= 15 is 0 Å². The van der Waals surface area contributed by atoms with Gasteiger partial charge in [-0.05, 0) is 68.1 Å². The lowest BCUT2D eigenvalue weighted by atomic mass is 9.94. The first kappa shape index (κ1) is 26.9. The van der Waals surface area contributed by atoms with E-state index in [0.717, 1.165) is 49.3 Å². The number of hydrogen-bond acceptors (Lipinski definition) is 7. The van der Waals surface area contributed by atoms with E-state index in [2.05, 4.69) is 0 Å². The maximum atomic E-state index is 13.6. The predicted octanol–water partition coefficient (Wildman–Crippen LogP) is 6.23. The molecule has 1 aromatic carbocycles. The number of carbonyl (C=O) groups is 2. The molecule has 7 nitrogen and oxygen atoms in total. The Labute approximate surface area is 222 Å². The molecule has 0 N–H and O–H groups in total. The van der Waals surface area contributed by atoms with E-state index in [9.17, 15) is 9.59 Å². The maximum absolute atomic E-state index is 13.6. The van der Waals surface area contributed by atoms with Crippen molar-refractivity contribution >= 4 is 46.5 Å². The molecule has 1 saturated heterocycles. The van der Waals surface area contributed by atoms with Gasteiger partial charge in [0.1, 0.15) is 0 Å². The van der Waals surface area contributed by atoms with Crippen molar-refractivity contribution in [2.24, 2.45) is 4.99 Å². The standard InChI is InChI=1S/C27H35ClN2O5S/c1-3-34-24(31)17-35-25-21(28)14-18(15-22(25)33-2)16-23-26(32)30(20-12-8-5-9-13-20)27(36-23)29-19-10-6-4-7-11-19/h14-16,19-20H,3-13,17H2,1-2H3. The van der Waals surface area contributed by atoms with E-state index < -0.39 is 5.97 Å².